The maximum atomic E-state index is 13.3. The average molecular weight is 758 g/mol. The molecule has 12 heteroatoms. The van der Waals surface area contributed by atoms with E-state index < -0.39 is 10.9 Å². The Morgan fingerprint density at radius 2 is 1.36 bits per heavy atom. The second kappa shape index (κ2) is 15.2. The quantitative estimate of drug-likeness (QED) is 0.0720. The van der Waals surface area contributed by atoms with E-state index in [1.807, 2.05) is 30.3 Å². The molecule has 12 nitrogen and oxygen atoms in total. The summed E-state index contributed by atoms with van der Waals surface area (Å²) in [4.78, 5) is 28.7. The summed E-state index contributed by atoms with van der Waals surface area (Å²) >= 11 is 0. The smallest absolute Gasteiger partial charge is 0.343 e. The molecule has 2 atom stereocenters. The zero-order chi connectivity index (χ0) is 39.1. The number of hydrogen-bond donors (Lipinski definition) is 0. The Morgan fingerprint density at radius 3 is 2.05 bits per heavy atom. The van der Waals surface area contributed by atoms with Gasteiger partial charge in [-0.25, -0.2) is 4.79 Å². The summed E-state index contributed by atoms with van der Waals surface area (Å²) in [6.07, 6.45) is 2.95. The van der Waals surface area contributed by atoms with Crippen LogP contribution < -0.4 is 28.4 Å². The lowest BCUT2D eigenvalue weighted by molar-refractivity contribution is -0.384. The van der Waals surface area contributed by atoms with E-state index in [-0.39, 0.29) is 29.1 Å². The highest BCUT2D eigenvalue weighted by Crippen LogP contribution is 2.52. The molecule has 4 heterocycles. The normalized spacial score (nSPS) is 17.7. The van der Waals surface area contributed by atoms with E-state index in [1.54, 1.807) is 27.4 Å². The highest BCUT2D eigenvalue weighted by atomic mass is 16.6. The Kier molecular flexibility index (Phi) is 10.0. The van der Waals surface area contributed by atoms with E-state index in [4.69, 9.17) is 28.4 Å². The lowest BCUT2D eigenvalue weighted by Crippen LogP contribution is -2.34. The fourth-order valence-electron chi connectivity index (χ4n) is 8.07. The van der Waals surface area contributed by atoms with E-state index in [1.165, 1.54) is 35.4 Å². The van der Waals surface area contributed by atoms with Crippen molar-refractivity contribution in [1.29, 1.82) is 0 Å². The van der Waals surface area contributed by atoms with Crippen LogP contribution in [-0.2, 0) is 25.7 Å². The van der Waals surface area contributed by atoms with Crippen LogP contribution in [-0.4, -0.2) is 69.2 Å². The van der Waals surface area contributed by atoms with Crippen molar-refractivity contribution < 1.29 is 38.1 Å². The van der Waals surface area contributed by atoms with Gasteiger partial charge in [-0.1, -0.05) is 18.2 Å². The summed E-state index contributed by atoms with van der Waals surface area (Å²) in [5.74, 6) is 3.36. The molecular formula is C44H43N3O9. The molecule has 0 aromatic heterocycles. The number of hydrogen-bond acceptors (Lipinski definition) is 11. The van der Waals surface area contributed by atoms with E-state index in [9.17, 15) is 14.9 Å². The van der Waals surface area contributed by atoms with Crippen molar-refractivity contribution in [2.24, 2.45) is 0 Å². The average Bonchev–Trinajstić information content (AvgIpc) is 3.20. The topological polar surface area (TPSA) is 122 Å². The molecule has 5 aromatic rings. The fourth-order valence-corrected chi connectivity index (χ4v) is 8.07. The van der Waals surface area contributed by atoms with Gasteiger partial charge < -0.3 is 28.4 Å². The van der Waals surface area contributed by atoms with Crippen LogP contribution in [0.25, 0.3) is 0 Å². The van der Waals surface area contributed by atoms with Gasteiger partial charge in [-0.15, -0.1) is 0 Å². The second-order valence-corrected chi connectivity index (χ2v) is 14.4. The summed E-state index contributed by atoms with van der Waals surface area (Å²) in [5, 5.41) is 11.2. The number of nitro benzene ring substituents is 1. The minimum atomic E-state index is -0.666. The van der Waals surface area contributed by atoms with Crippen LogP contribution in [0, 0.1) is 10.1 Å². The molecule has 9 rings (SSSR count). The lowest BCUT2D eigenvalue weighted by Gasteiger charge is -2.37. The molecule has 0 aliphatic carbocycles. The lowest BCUT2D eigenvalue weighted by atomic mass is 9.87. The number of rotatable bonds is 6. The number of methoxy groups -OCH3 is 3. The number of non-ortho nitro benzene ring substituents is 1. The zero-order valence-corrected chi connectivity index (χ0v) is 32.0. The number of likely N-dealkylation sites (N-methyl/N-ethyl adjacent to an activating group) is 2. The van der Waals surface area contributed by atoms with Gasteiger partial charge in [0.05, 0.1) is 31.8 Å². The van der Waals surface area contributed by atoms with Crippen LogP contribution in [0.3, 0.4) is 0 Å². The predicted molar refractivity (Wildman–Crippen MR) is 209 cm³/mol. The van der Waals surface area contributed by atoms with Crippen LogP contribution in [0.2, 0.25) is 0 Å². The summed E-state index contributed by atoms with van der Waals surface area (Å²) < 4.78 is 37.4. The second-order valence-electron chi connectivity index (χ2n) is 14.4. The first-order valence-electron chi connectivity index (χ1n) is 18.6. The molecular weight excluding hydrogens is 714 g/mol. The molecule has 0 N–H and O–H groups in total. The number of nitro groups is 1. The molecule has 4 aliphatic heterocycles. The molecule has 0 unspecified atom stereocenters. The number of carbonyl (C=O) groups excluding carboxylic acids is 1. The Labute approximate surface area is 325 Å². The first-order valence-corrected chi connectivity index (χ1v) is 18.6. The van der Waals surface area contributed by atoms with Crippen LogP contribution in [0.5, 0.6) is 46.0 Å². The van der Waals surface area contributed by atoms with Gasteiger partial charge in [0.2, 0.25) is 5.75 Å². The number of esters is 1. The van der Waals surface area contributed by atoms with Crippen LogP contribution in [0.15, 0.2) is 84.9 Å². The summed E-state index contributed by atoms with van der Waals surface area (Å²) in [6.45, 7) is 1.69. The minimum absolute atomic E-state index is 0.0692. The molecule has 0 radical (unpaired) electrons. The summed E-state index contributed by atoms with van der Waals surface area (Å²) in [6, 6.07) is 25.0. The van der Waals surface area contributed by atoms with Gasteiger partial charge in [0.15, 0.2) is 34.5 Å². The van der Waals surface area contributed by atoms with E-state index in [0.29, 0.717) is 46.7 Å². The number of benzene rings is 5. The highest BCUT2D eigenvalue weighted by Gasteiger charge is 2.35. The molecule has 4 aliphatic rings. The van der Waals surface area contributed by atoms with E-state index in [0.717, 1.165) is 54.6 Å². The molecule has 288 valence electrons. The minimum Gasteiger partial charge on any atom is -0.493 e. The van der Waals surface area contributed by atoms with Crippen LogP contribution >= 0.6 is 0 Å². The standard InChI is InChI=1S/C44H43N3O9/c1-45-18-16-29-23-37(51-3)39-25-33(29)34(45)20-26-6-13-32(14-7-26)54-38-22-27(8-15-36(38)56-44(48)28-9-11-31(12-10-28)47(49)50)21-35-41-30(17-19-46(35)2)24-40(52-4)42(53-5)43(41)55-39/h6-15,22-25,34-35H,16-21H2,1-5H3/t34-,35+/m0/s1. The zero-order valence-electron chi connectivity index (χ0n) is 32.0. The van der Waals surface area contributed by atoms with Crippen molar-refractivity contribution in [2.75, 3.05) is 48.5 Å². The maximum absolute atomic E-state index is 13.3. The van der Waals surface area contributed by atoms with Crippen LogP contribution in [0.1, 0.15) is 55.8 Å². The van der Waals surface area contributed by atoms with Crippen LogP contribution in [0.4, 0.5) is 5.69 Å². The van der Waals surface area contributed by atoms with E-state index >= 15 is 0 Å². The molecule has 56 heavy (non-hydrogen) atoms. The molecule has 0 saturated heterocycles. The Morgan fingerprint density at radius 1 is 0.714 bits per heavy atom. The third-order valence-electron chi connectivity index (χ3n) is 11.1. The molecule has 6 bridgehead atoms. The Balaban J connectivity index is 1.28. The predicted octanol–water partition coefficient (Wildman–Crippen LogP) is 8.28. The van der Waals surface area contributed by atoms with Gasteiger partial charge in [-0.3, -0.25) is 19.9 Å². The molecule has 5 aromatic carbocycles. The fraction of sp³-hybridized carbons (Fsp3) is 0.295. The molecule has 0 amide bonds. The van der Waals surface area contributed by atoms with Gasteiger partial charge in [0.25, 0.3) is 5.69 Å². The SMILES string of the molecule is COc1cc2c3cc1Oc1c(OC)c(OC)cc4c1[C@@H](Cc1ccc(OC(=O)c5ccc([N+](=O)[O-])cc5)c(c1)Oc1ccc(cc1)C[C@@H]3N(C)CC2)N(C)CC4. The molecule has 0 saturated carbocycles. The van der Waals surface area contributed by atoms with E-state index in [2.05, 4.69) is 48.2 Å². The monoisotopic (exact) mass is 757 g/mol. The van der Waals surface area contributed by atoms with Gasteiger partial charge >= 0.3 is 5.97 Å². The van der Waals surface area contributed by atoms with Gasteiger partial charge in [0.1, 0.15) is 5.75 Å². The van der Waals surface area contributed by atoms with Gasteiger partial charge in [-0.05, 0) is 122 Å². The summed E-state index contributed by atoms with van der Waals surface area (Å²) in [7, 11) is 9.17. The van der Waals surface area contributed by atoms with Crippen molar-refractivity contribution >= 4 is 11.7 Å². The van der Waals surface area contributed by atoms with Crippen molar-refractivity contribution in [1.82, 2.24) is 9.80 Å². The maximum Gasteiger partial charge on any atom is 0.343 e. The highest BCUT2D eigenvalue weighted by molar-refractivity contribution is 5.91. The van der Waals surface area contributed by atoms with Gasteiger partial charge in [0, 0.05) is 42.9 Å². The van der Waals surface area contributed by atoms with Crippen molar-refractivity contribution in [3.8, 4) is 46.0 Å². The summed E-state index contributed by atoms with van der Waals surface area (Å²) in [5.41, 5.74) is 6.57. The number of fused-ring (bicyclic) bond motifs is 2. The largest absolute Gasteiger partial charge is 0.493 e. The number of nitrogens with zero attached hydrogens (tertiary/aromatic N) is 3. The number of ether oxygens (including phenoxy) is 6. The van der Waals surface area contributed by atoms with Crippen molar-refractivity contribution in [3.05, 3.63) is 134 Å². The third-order valence-corrected chi connectivity index (χ3v) is 11.1. The Bertz CT molecular complexity index is 2310. The number of carbonyl (C=O) groups is 1. The molecule has 0 fully saturated rings. The first-order chi connectivity index (χ1) is 27.1. The molecule has 0 spiro atoms. The Hall–Kier alpha value is -6.11. The van der Waals surface area contributed by atoms with Crippen molar-refractivity contribution in [2.45, 2.75) is 37.8 Å². The third kappa shape index (κ3) is 6.97. The van der Waals surface area contributed by atoms with Gasteiger partial charge in [-0.2, -0.15) is 0 Å². The van der Waals surface area contributed by atoms with Crippen molar-refractivity contribution in [3.63, 3.8) is 0 Å². The first kappa shape index (κ1) is 36.8.